The number of likely N-dealkylation sites (tertiary alicyclic amines) is 1. The molecule has 0 N–H and O–H groups in total. The first kappa shape index (κ1) is 27.6. The van der Waals surface area contributed by atoms with Crippen LogP contribution in [0.3, 0.4) is 0 Å². The lowest BCUT2D eigenvalue weighted by molar-refractivity contribution is -0.384. The Balaban J connectivity index is 1.36. The Hall–Kier alpha value is -3.44. The second kappa shape index (κ2) is 13.4. The number of ether oxygens (including phenoxy) is 2. The summed E-state index contributed by atoms with van der Waals surface area (Å²) >= 11 is 3.46. The highest BCUT2D eigenvalue weighted by molar-refractivity contribution is 7.99. The van der Waals surface area contributed by atoms with Gasteiger partial charge in [-0.25, -0.2) is 9.78 Å². The van der Waals surface area contributed by atoms with Crippen molar-refractivity contribution in [3.05, 3.63) is 94.3 Å². The van der Waals surface area contributed by atoms with Gasteiger partial charge in [0.05, 0.1) is 18.1 Å². The number of hydrogen-bond acceptors (Lipinski definition) is 8. The molecule has 0 unspecified atom stereocenters. The standard InChI is InChI=1S/C27H30N4O5S2/c1-29-14-13-28-26(29)37-15-3-4-23-16-25(38-19-21-7-11-24(35-2)12-8-21)17-30(23)27(32)36-18-20-5-9-22(10-6-20)31(33)34/h3-14,23,25H,15-19H2,1-2H3/b4-3+/t23-,25+/m1/s1. The van der Waals surface area contributed by atoms with Crippen LogP contribution in [0.15, 0.2) is 78.2 Å². The first-order chi connectivity index (χ1) is 18.4. The Morgan fingerprint density at radius 3 is 2.58 bits per heavy atom. The number of benzene rings is 2. The molecule has 0 saturated carbocycles. The minimum absolute atomic E-state index is 0.00459. The van der Waals surface area contributed by atoms with Crippen molar-refractivity contribution >= 4 is 35.3 Å². The smallest absolute Gasteiger partial charge is 0.410 e. The van der Waals surface area contributed by atoms with Crippen LogP contribution in [0.25, 0.3) is 0 Å². The third kappa shape index (κ3) is 7.55. The number of aryl methyl sites for hydroxylation is 1. The van der Waals surface area contributed by atoms with Gasteiger partial charge in [-0.05, 0) is 41.8 Å². The number of methoxy groups -OCH3 is 1. The van der Waals surface area contributed by atoms with Crippen molar-refractivity contribution < 1.29 is 19.2 Å². The van der Waals surface area contributed by atoms with Gasteiger partial charge in [-0.2, -0.15) is 11.8 Å². The van der Waals surface area contributed by atoms with Crippen LogP contribution in [-0.2, 0) is 24.1 Å². The fourth-order valence-corrected chi connectivity index (χ4v) is 6.02. The average Bonchev–Trinajstić information content (AvgIpc) is 3.54. The number of nitro benzene ring substituents is 1. The topological polar surface area (TPSA) is 99.7 Å². The molecule has 4 rings (SSSR count). The summed E-state index contributed by atoms with van der Waals surface area (Å²) in [5.74, 6) is 2.41. The van der Waals surface area contributed by atoms with Crippen LogP contribution < -0.4 is 4.74 Å². The average molecular weight is 555 g/mol. The molecule has 200 valence electrons. The molecule has 2 atom stereocenters. The van der Waals surface area contributed by atoms with E-state index >= 15 is 0 Å². The van der Waals surface area contributed by atoms with E-state index in [4.69, 9.17) is 9.47 Å². The molecule has 0 spiro atoms. The molecule has 1 aromatic heterocycles. The molecule has 1 amide bonds. The number of imidazole rings is 1. The number of rotatable bonds is 11. The van der Waals surface area contributed by atoms with Gasteiger partial charge in [-0.3, -0.25) is 10.1 Å². The van der Waals surface area contributed by atoms with E-state index in [2.05, 4.69) is 29.3 Å². The van der Waals surface area contributed by atoms with Crippen molar-refractivity contribution in [3.8, 4) is 5.75 Å². The van der Waals surface area contributed by atoms with Crippen LogP contribution in [0.1, 0.15) is 17.5 Å². The van der Waals surface area contributed by atoms with Gasteiger partial charge in [0.15, 0.2) is 5.16 Å². The van der Waals surface area contributed by atoms with Crippen LogP contribution in [0.2, 0.25) is 0 Å². The van der Waals surface area contributed by atoms with Crippen molar-refractivity contribution in [2.24, 2.45) is 7.05 Å². The SMILES string of the molecule is COc1ccc(CS[C@H]2C[C@@H](/C=C/CSc3nccn3C)N(C(=O)OCc3ccc([N+](=O)[O-])cc3)C2)cc1. The summed E-state index contributed by atoms with van der Waals surface area (Å²) in [5.41, 5.74) is 1.91. The molecule has 0 aliphatic carbocycles. The summed E-state index contributed by atoms with van der Waals surface area (Å²) in [4.78, 5) is 29.6. The second-order valence-corrected chi connectivity index (χ2v) is 11.1. The molecule has 0 radical (unpaired) electrons. The number of non-ortho nitro benzene ring substituents is 1. The number of nitro groups is 1. The molecule has 2 heterocycles. The van der Waals surface area contributed by atoms with Crippen molar-refractivity contribution in [1.29, 1.82) is 0 Å². The van der Waals surface area contributed by atoms with E-state index in [-0.39, 0.29) is 29.7 Å². The van der Waals surface area contributed by atoms with E-state index in [0.717, 1.165) is 28.8 Å². The van der Waals surface area contributed by atoms with Crippen molar-refractivity contribution in [1.82, 2.24) is 14.5 Å². The molecule has 0 bridgehead atoms. The number of carbonyl (C=O) groups is 1. The Bertz CT molecular complexity index is 1250. The number of aromatic nitrogens is 2. The third-order valence-corrected chi connectivity index (χ3v) is 8.46. The molecular weight excluding hydrogens is 524 g/mol. The van der Waals surface area contributed by atoms with Crippen LogP contribution >= 0.6 is 23.5 Å². The van der Waals surface area contributed by atoms with Crippen molar-refractivity contribution in [2.75, 3.05) is 19.4 Å². The maximum absolute atomic E-state index is 13.1. The van der Waals surface area contributed by atoms with E-state index < -0.39 is 4.92 Å². The largest absolute Gasteiger partial charge is 0.497 e. The zero-order valence-corrected chi connectivity index (χ0v) is 22.9. The first-order valence-electron chi connectivity index (χ1n) is 12.1. The lowest BCUT2D eigenvalue weighted by atomic mass is 10.2. The molecule has 1 saturated heterocycles. The van der Waals surface area contributed by atoms with Gasteiger partial charge < -0.3 is 18.9 Å². The van der Waals surface area contributed by atoms with E-state index in [9.17, 15) is 14.9 Å². The first-order valence-corrected chi connectivity index (χ1v) is 14.1. The molecule has 1 fully saturated rings. The Morgan fingerprint density at radius 1 is 1.18 bits per heavy atom. The highest BCUT2D eigenvalue weighted by Gasteiger charge is 2.35. The molecular formula is C27H30N4O5S2. The summed E-state index contributed by atoms with van der Waals surface area (Å²) in [5, 5.41) is 12.1. The highest BCUT2D eigenvalue weighted by Crippen LogP contribution is 2.32. The minimum Gasteiger partial charge on any atom is -0.497 e. The molecule has 38 heavy (non-hydrogen) atoms. The summed E-state index contributed by atoms with van der Waals surface area (Å²) in [7, 11) is 3.61. The molecule has 1 aliphatic heterocycles. The lowest BCUT2D eigenvalue weighted by Gasteiger charge is -2.21. The molecule has 3 aromatic rings. The minimum atomic E-state index is -0.452. The summed E-state index contributed by atoms with van der Waals surface area (Å²) in [6.45, 7) is 0.643. The van der Waals surface area contributed by atoms with Gasteiger partial charge in [-0.15, -0.1) is 0 Å². The predicted molar refractivity (Wildman–Crippen MR) is 150 cm³/mol. The zero-order chi connectivity index (χ0) is 26.9. The van der Waals surface area contributed by atoms with Crippen LogP contribution in [0.4, 0.5) is 10.5 Å². The van der Waals surface area contributed by atoms with Gasteiger partial charge in [-0.1, -0.05) is 36.0 Å². The van der Waals surface area contributed by atoms with Crippen LogP contribution in [0, 0.1) is 10.1 Å². The van der Waals surface area contributed by atoms with Gasteiger partial charge >= 0.3 is 6.09 Å². The Labute approximate surface area is 230 Å². The molecule has 9 nitrogen and oxygen atoms in total. The van der Waals surface area contributed by atoms with Crippen LogP contribution in [-0.4, -0.2) is 56.2 Å². The number of carbonyl (C=O) groups excluding carboxylic acids is 1. The maximum atomic E-state index is 13.1. The normalized spacial score (nSPS) is 17.2. The van der Waals surface area contributed by atoms with Crippen LogP contribution in [0.5, 0.6) is 5.75 Å². The maximum Gasteiger partial charge on any atom is 0.410 e. The van der Waals surface area contributed by atoms with Gasteiger partial charge in [0.1, 0.15) is 12.4 Å². The van der Waals surface area contributed by atoms with E-state index in [1.807, 2.05) is 41.7 Å². The fourth-order valence-electron chi connectivity index (χ4n) is 4.04. The number of nitrogens with zero attached hydrogens (tertiary/aromatic N) is 4. The molecule has 2 aromatic carbocycles. The Kier molecular flexibility index (Phi) is 9.72. The zero-order valence-electron chi connectivity index (χ0n) is 21.3. The summed E-state index contributed by atoms with van der Waals surface area (Å²) in [6.07, 6.45) is 8.29. The number of thioether (sulfide) groups is 2. The quantitative estimate of drug-likeness (QED) is 0.129. The van der Waals surface area contributed by atoms with Gasteiger partial charge in [0.25, 0.3) is 5.69 Å². The lowest BCUT2D eigenvalue weighted by Crippen LogP contribution is -2.35. The number of hydrogen-bond donors (Lipinski definition) is 0. The summed E-state index contributed by atoms with van der Waals surface area (Å²) < 4.78 is 12.8. The number of amides is 1. The van der Waals surface area contributed by atoms with E-state index in [1.54, 1.807) is 42.1 Å². The van der Waals surface area contributed by atoms with E-state index in [1.165, 1.54) is 17.7 Å². The van der Waals surface area contributed by atoms with Crippen molar-refractivity contribution in [2.45, 2.75) is 35.2 Å². The monoisotopic (exact) mass is 554 g/mol. The van der Waals surface area contributed by atoms with Crippen molar-refractivity contribution in [3.63, 3.8) is 0 Å². The molecule has 1 aliphatic rings. The van der Waals surface area contributed by atoms with Gasteiger partial charge in [0.2, 0.25) is 0 Å². The van der Waals surface area contributed by atoms with E-state index in [0.29, 0.717) is 12.1 Å². The van der Waals surface area contributed by atoms with Gasteiger partial charge in [0, 0.05) is 54.9 Å². The molecule has 11 heteroatoms. The highest BCUT2D eigenvalue weighted by atomic mass is 32.2. The summed E-state index contributed by atoms with van der Waals surface area (Å²) in [6, 6.07) is 14.0. The third-order valence-electron chi connectivity index (χ3n) is 6.14. The predicted octanol–water partition coefficient (Wildman–Crippen LogP) is 5.70. The second-order valence-electron chi connectivity index (χ2n) is 8.77. The fraction of sp³-hybridized carbons (Fsp3) is 0.333. The Morgan fingerprint density at radius 2 is 1.92 bits per heavy atom.